The van der Waals surface area contributed by atoms with Gasteiger partial charge in [-0.2, -0.15) is 0 Å². The number of hydrogen-bond donors (Lipinski definition) is 1. The molecule has 1 aromatic heterocycles. The van der Waals surface area contributed by atoms with E-state index in [1.165, 1.54) is 4.57 Å². The van der Waals surface area contributed by atoms with Crippen molar-refractivity contribution in [2.45, 2.75) is 37.9 Å². The van der Waals surface area contributed by atoms with E-state index < -0.39 is 12.0 Å². The molecular formula is C18H20N2O5. The zero-order valence-electron chi connectivity index (χ0n) is 13.9. The zero-order valence-corrected chi connectivity index (χ0v) is 13.9. The number of ether oxygens (including phenoxy) is 3. The van der Waals surface area contributed by atoms with Crippen LogP contribution in [0.15, 0.2) is 46.1 Å². The highest BCUT2D eigenvalue weighted by Crippen LogP contribution is 2.34. The van der Waals surface area contributed by atoms with E-state index in [-0.39, 0.29) is 23.8 Å². The predicted octanol–water partition coefficient (Wildman–Crippen LogP) is 1.29. The van der Waals surface area contributed by atoms with Crippen LogP contribution in [0.4, 0.5) is 0 Å². The van der Waals surface area contributed by atoms with Gasteiger partial charge in [0.15, 0.2) is 6.29 Å². The van der Waals surface area contributed by atoms with Gasteiger partial charge in [-0.05, 0) is 13.3 Å². The minimum Gasteiger partial charge on any atom is -0.371 e. The first-order chi connectivity index (χ1) is 12.1. The summed E-state index contributed by atoms with van der Waals surface area (Å²) >= 11 is 0. The third-order valence-corrected chi connectivity index (χ3v) is 4.74. The van der Waals surface area contributed by atoms with E-state index in [1.54, 1.807) is 13.1 Å². The Kier molecular flexibility index (Phi) is 4.29. The van der Waals surface area contributed by atoms with Crippen molar-refractivity contribution in [1.29, 1.82) is 0 Å². The van der Waals surface area contributed by atoms with E-state index in [9.17, 15) is 9.59 Å². The van der Waals surface area contributed by atoms with Crippen LogP contribution in [0.5, 0.6) is 0 Å². The Bertz CT molecular complexity index is 860. The quantitative estimate of drug-likeness (QED) is 0.888. The van der Waals surface area contributed by atoms with E-state index in [0.717, 1.165) is 5.56 Å². The van der Waals surface area contributed by atoms with Gasteiger partial charge in [0.25, 0.3) is 5.56 Å². The van der Waals surface area contributed by atoms with Crippen LogP contribution < -0.4 is 11.2 Å². The van der Waals surface area contributed by atoms with E-state index in [1.807, 2.05) is 30.3 Å². The van der Waals surface area contributed by atoms with Gasteiger partial charge in [-0.1, -0.05) is 30.3 Å². The summed E-state index contributed by atoms with van der Waals surface area (Å²) in [6.45, 7) is 2.52. The summed E-state index contributed by atoms with van der Waals surface area (Å²) in [7, 11) is 0. The number of H-pyrrole nitrogens is 1. The number of rotatable bonds is 2. The Morgan fingerprint density at radius 3 is 2.68 bits per heavy atom. The summed E-state index contributed by atoms with van der Waals surface area (Å²) < 4.78 is 19.2. The summed E-state index contributed by atoms with van der Waals surface area (Å²) in [6, 6.07) is 9.57. The Morgan fingerprint density at radius 2 is 1.88 bits per heavy atom. The van der Waals surface area contributed by atoms with Crippen LogP contribution in [0.25, 0.3) is 0 Å². The second-order valence-electron chi connectivity index (χ2n) is 6.49. The molecule has 2 aromatic rings. The zero-order chi connectivity index (χ0) is 17.4. The average Bonchev–Trinajstić information content (AvgIpc) is 2.64. The lowest BCUT2D eigenvalue weighted by Gasteiger charge is -2.42. The number of aromatic amines is 1. The molecule has 2 fully saturated rings. The van der Waals surface area contributed by atoms with Crippen LogP contribution in [0, 0.1) is 6.92 Å². The highest BCUT2D eigenvalue weighted by atomic mass is 16.7. The lowest BCUT2D eigenvalue weighted by molar-refractivity contribution is -0.282. The van der Waals surface area contributed by atoms with Crippen molar-refractivity contribution in [2.75, 3.05) is 13.2 Å². The largest absolute Gasteiger partial charge is 0.371 e. The molecule has 1 aromatic carbocycles. The van der Waals surface area contributed by atoms with Crippen molar-refractivity contribution in [1.82, 2.24) is 9.55 Å². The first-order valence-corrected chi connectivity index (χ1v) is 8.37. The summed E-state index contributed by atoms with van der Waals surface area (Å²) in [6.07, 6.45) is 1.47. The average molecular weight is 344 g/mol. The molecule has 2 aliphatic rings. The fraction of sp³-hybridized carbons (Fsp3) is 0.444. The first kappa shape index (κ1) is 16.3. The molecule has 7 heteroatoms. The van der Waals surface area contributed by atoms with E-state index in [2.05, 4.69) is 4.98 Å². The lowest BCUT2D eigenvalue weighted by Crippen LogP contribution is -2.49. The molecule has 1 N–H and O–H groups in total. The Morgan fingerprint density at radius 1 is 1.08 bits per heavy atom. The van der Waals surface area contributed by atoms with Crippen molar-refractivity contribution in [3.63, 3.8) is 0 Å². The molecule has 2 saturated heterocycles. The molecular weight excluding hydrogens is 324 g/mol. The summed E-state index contributed by atoms with van der Waals surface area (Å²) in [5, 5.41) is 0. The SMILES string of the molecule is Cc1cn([C@H]2CO[C@H]3COC(c4ccccc4)O[C@H]3C2)c(=O)[nH]c1=O. The molecule has 0 aliphatic carbocycles. The fourth-order valence-corrected chi connectivity index (χ4v) is 3.35. The van der Waals surface area contributed by atoms with Crippen LogP contribution in [-0.2, 0) is 14.2 Å². The normalized spacial score (nSPS) is 29.2. The lowest BCUT2D eigenvalue weighted by atomic mass is 10.0. The molecule has 132 valence electrons. The summed E-state index contributed by atoms with van der Waals surface area (Å²) in [5.74, 6) is 0. The van der Waals surface area contributed by atoms with Crippen LogP contribution in [0.1, 0.15) is 29.9 Å². The predicted molar refractivity (Wildman–Crippen MR) is 89.5 cm³/mol. The number of nitrogens with one attached hydrogen (secondary N) is 1. The third kappa shape index (κ3) is 3.18. The molecule has 4 rings (SSSR count). The molecule has 0 bridgehead atoms. The molecule has 25 heavy (non-hydrogen) atoms. The molecule has 0 amide bonds. The Balaban J connectivity index is 1.54. The van der Waals surface area contributed by atoms with Gasteiger partial charge in [-0.3, -0.25) is 14.3 Å². The minimum absolute atomic E-state index is 0.143. The molecule has 3 heterocycles. The van der Waals surface area contributed by atoms with Crippen LogP contribution in [0.2, 0.25) is 0 Å². The number of fused-ring (bicyclic) bond motifs is 1. The second-order valence-corrected chi connectivity index (χ2v) is 6.49. The second kappa shape index (κ2) is 6.59. The van der Waals surface area contributed by atoms with Gasteiger partial charge in [0.2, 0.25) is 0 Å². The maximum Gasteiger partial charge on any atom is 0.328 e. The van der Waals surface area contributed by atoms with Gasteiger partial charge < -0.3 is 14.2 Å². The van der Waals surface area contributed by atoms with E-state index in [4.69, 9.17) is 14.2 Å². The van der Waals surface area contributed by atoms with Crippen LogP contribution in [-0.4, -0.2) is 35.0 Å². The van der Waals surface area contributed by atoms with Crippen molar-refractivity contribution in [3.8, 4) is 0 Å². The summed E-state index contributed by atoms with van der Waals surface area (Å²) in [4.78, 5) is 26.0. The van der Waals surface area contributed by atoms with Crippen molar-refractivity contribution >= 4 is 0 Å². The molecule has 2 aliphatic heterocycles. The Labute approximate surface area is 144 Å². The third-order valence-electron chi connectivity index (χ3n) is 4.74. The molecule has 1 unspecified atom stereocenters. The summed E-state index contributed by atoms with van der Waals surface area (Å²) in [5.41, 5.74) is 0.675. The highest BCUT2D eigenvalue weighted by Gasteiger charge is 2.39. The maximum absolute atomic E-state index is 12.1. The highest BCUT2D eigenvalue weighted by molar-refractivity contribution is 5.16. The van der Waals surface area contributed by atoms with Crippen molar-refractivity contribution < 1.29 is 14.2 Å². The number of aryl methyl sites for hydroxylation is 1. The maximum atomic E-state index is 12.1. The van der Waals surface area contributed by atoms with E-state index in [0.29, 0.717) is 25.2 Å². The van der Waals surface area contributed by atoms with Gasteiger partial charge in [0, 0.05) is 17.3 Å². The fourth-order valence-electron chi connectivity index (χ4n) is 3.35. The van der Waals surface area contributed by atoms with E-state index >= 15 is 0 Å². The van der Waals surface area contributed by atoms with Gasteiger partial charge in [0.1, 0.15) is 6.10 Å². The number of nitrogens with zero attached hydrogens (tertiary/aromatic N) is 1. The first-order valence-electron chi connectivity index (χ1n) is 8.37. The Hall–Kier alpha value is -2.22. The number of benzene rings is 1. The number of aromatic nitrogens is 2. The minimum atomic E-state index is -0.432. The molecule has 7 nitrogen and oxygen atoms in total. The van der Waals surface area contributed by atoms with Gasteiger partial charge in [-0.15, -0.1) is 0 Å². The molecule has 0 radical (unpaired) electrons. The van der Waals surface area contributed by atoms with Gasteiger partial charge in [-0.25, -0.2) is 4.79 Å². The molecule has 0 spiro atoms. The van der Waals surface area contributed by atoms with Crippen molar-refractivity contribution in [2.24, 2.45) is 0 Å². The smallest absolute Gasteiger partial charge is 0.328 e. The monoisotopic (exact) mass is 344 g/mol. The van der Waals surface area contributed by atoms with Gasteiger partial charge >= 0.3 is 5.69 Å². The van der Waals surface area contributed by atoms with Crippen LogP contribution in [0.3, 0.4) is 0 Å². The standard InChI is InChI=1S/C18H20N2O5/c1-11-8-20(18(22)19-16(11)21)13-7-14-15(23-9-13)10-24-17(25-14)12-5-3-2-4-6-12/h2-6,8,13-15,17H,7,9-10H2,1H3,(H,19,21,22)/t13-,14+,15+,17?/m1/s1. The number of hydrogen-bond acceptors (Lipinski definition) is 5. The van der Waals surface area contributed by atoms with Gasteiger partial charge in [0.05, 0.1) is 25.4 Å². The molecule has 4 atom stereocenters. The van der Waals surface area contributed by atoms with Crippen molar-refractivity contribution in [3.05, 3.63) is 68.5 Å². The topological polar surface area (TPSA) is 82.6 Å². The molecule has 0 saturated carbocycles. The van der Waals surface area contributed by atoms with Crippen LogP contribution >= 0.6 is 0 Å².